The Bertz CT molecular complexity index is 440. The van der Waals surface area contributed by atoms with E-state index in [0.29, 0.717) is 5.56 Å². The van der Waals surface area contributed by atoms with Crippen molar-refractivity contribution < 1.29 is 22.9 Å². The van der Waals surface area contributed by atoms with Crippen molar-refractivity contribution in [1.29, 1.82) is 0 Å². The average molecular weight is 261 g/mol. The summed E-state index contributed by atoms with van der Waals surface area (Å²) >= 11 is 0. The number of alkyl halides is 3. The van der Waals surface area contributed by atoms with Crippen LogP contribution >= 0.6 is 0 Å². The molecule has 0 atom stereocenters. The second-order valence-corrected chi connectivity index (χ2v) is 3.72. The Kier molecular flexibility index (Phi) is 4.41. The number of hydrogen-bond acceptors (Lipinski definition) is 3. The lowest BCUT2D eigenvalue weighted by atomic mass is 10.1. The number of halogens is 3. The highest BCUT2D eigenvalue weighted by Gasteiger charge is 2.29. The molecule has 0 bridgehead atoms. The first-order valence-corrected chi connectivity index (χ1v) is 5.08. The summed E-state index contributed by atoms with van der Waals surface area (Å²) in [6.07, 6.45) is -4.24. The Morgan fingerprint density at radius 1 is 1.22 bits per heavy atom. The van der Waals surface area contributed by atoms with E-state index >= 15 is 0 Å². The number of nitrogens with zero attached hydrogens (tertiary/aromatic N) is 1. The topological polar surface area (TPSA) is 60.2 Å². The first-order chi connectivity index (χ1) is 8.29. The average Bonchev–Trinajstić information content (AvgIpc) is 2.25. The summed E-state index contributed by atoms with van der Waals surface area (Å²) in [4.78, 5) is 20.3. The number of hydrogen-bond donors (Lipinski definition) is 0. The highest BCUT2D eigenvalue weighted by molar-refractivity contribution is 5.79. The molecule has 0 heterocycles. The minimum Gasteiger partial charge on any atom is -0.292 e. The maximum Gasteiger partial charge on any atom is 0.416 e. The largest absolute Gasteiger partial charge is 0.416 e. The number of benzene rings is 1. The standard InChI is InChI=1S/C11H10F3NO3/c12-11(13,14)9-4-1-8(2-5-9)3-6-10(16)7-15(17)18/h1-2,4-5H,3,6-7H2. The molecular weight excluding hydrogens is 251 g/mol. The van der Waals surface area contributed by atoms with Crippen LogP contribution in [0.1, 0.15) is 17.5 Å². The van der Waals surface area contributed by atoms with E-state index in [1.54, 1.807) is 0 Å². The normalized spacial score (nSPS) is 11.3. The van der Waals surface area contributed by atoms with Gasteiger partial charge in [-0.1, -0.05) is 12.1 Å². The first kappa shape index (κ1) is 14.1. The van der Waals surface area contributed by atoms with Crippen molar-refractivity contribution in [1.82, 2.24) is 0 Å². The lowest BCUT2D eigenvalue weighted by Gasteiger charge is -2.07. The molecule has 0 aliphatic rings. The van der Waals surface area contributed by atoms with Crippen LogP contribution in [0.4, 0.5) is 13.2 Å². The van der Waals surface area contributed by atoms with Crippen LogP contribution < -0.4 is 0 Å². The third-order valence-electron chi connectivity index (χ3n) is 2.28. The Hall–Kier alpha value is -1.92. The zero-order valence-electron chi connectivity index (χ0n) is 9.24. The molecule has 1 rings (SSSR count). The molecule has 0 aliphatic heterocycles. The second-order valence-electron chi connectivity index (χ2n) is 3.72. The van der Waals surface area contributed by atoms with Gasteiger partial charge in [-0.15, -0.1) is 0 Å². The Labute approximate surface area is 101 Å². The van der Waals surface area contributed by atoms with Crippen LogP contribution in [0.5, 0.6) is 0 Å². The monoisotopic (exact) mass is 261 g/mol. The fourth-order valence-electron chi connectivity index (χ4n) is 1.37. The zero-order valence-corrected chi connectivity index (χ0v) is 9.24. The van der Waals surface area contributed by atoms with Gasteiger partial charge in [-0.25, -0.2) is 0 Å². The van der Waals surface area contributed by atoms with E-state index in [-0.39, 0.29) is 12.8 Å². The third kappa shape index (κ3) is 4.52. The third-order valence-corrected chi connectivity index (χ3v) is 2.28. The molecule has 0 spiro atoms. The van der Waals surface area contributed by atoms with Gasteiger partial charge in [0.05, 0.1) is 5.56 Å². The molecule has 7 heteroatoms. The first-order valence-electron chi connectivity index (χ1n) is 5.08. The number of Topliss-reactive ketones (excluding diaryl/α,β-unsaturated/α-hetero) is 1. The smallest absolute Gasteiger partial charge is 0.292 e. The van der Waals surface area contributed by atoms with E-state index in [2.05, 4.69) is 0 Å². The van der Waals surface area contributed by atoms with Crippen molar-refractivity contribution in [2.45, 2.75) is 19.0 Å². The molecule has 0 aliphatic carbocycles. The molecule has 0 saturated heterocycles. The zero-order chi connectivity index (χ0) is 13.8. The molecule has 0 unspecified atom stereocenters. The van der Waals surface area contributed by atoms with Crippen LogP contribution in [0.3, 0.4) is 0 Å². The van der Waals surface area contributed by atoms with Crippen molar-refractivity contribution in [2.75, 3.05) is 6.54 Å². The summed E-state index contributed by atoms with van der Waals surface area (Å²) in [7, 11) is 0. The number of aryl methyl sites for hydroxylation is 1. The van der Waals surface area contributed by atoms with Crippen LogP contribution in [-0.2, 0) is 17.4 Å². The van der Waals surface area contributed by atoms with Crippen molar-refractivity contribution >= 4 is 5.78 Å². The number of rotatable bonds is 5. The summed E-state index contributed by atoms with van der Waals surface area (Å²) in [5.74, 6) is -0.542. The number of carbonyl (C=O) groups excluding carboxylic acids is 1. The summed E-state index contributed by atoms with van der Waals surface area (Å²) in [6, 6.07) is 4.38. The minimum absolute atomic E-state index is 0.0493. The highest BCUT2D eigenvalue weighted by atomic mass is 19.4. The van der Waals surface area contributed by atoms with Crippen LogP contribution in [0.15, 0.2) is 24.3 Å². The molecule has 0 N–H and O–H groups in total. The van der Waals surface area contributed by atoms with E-state index in [4.69, 9.17) is 0 Å². The molecule has 1 aromatic rings. The number of carbonyl (C=O) groups is 1. The molecule has 0 radical (unpaired) electrons. The van der Waals surface area contributed by atoms with Gasteiger partial charge in [0.1, 0.15) is 0 Å². The maximum atomic E-state index is 12.2. The molecule has 0 amide bonds. The van der Waals surface area contributed by atoms with E-state index < -0.39 is 29.0 Å². The van der Waals surface area contributed by atoms with Gasteiger partial charge in [-0.2, -0.15) is 13.2 Å². The van der Waals surface area contributed by atoms with Crippen LogP contribution in [0, 0.1) is 10.1 Å². The van der Waals surface area contributed by atoms with Gasteiger partial charge in [0.15, 0.2) is 0 Å². The van der Waals surface area contributed by atoms with Gasteiger partial charge in [0.2, 0.25) is 5.78 Å². The summed E-state index contributed by atoms with van der Waals surface area (Å²) in [6.45, 7) is -0.749. The van der Waals surface area contributed by atoms with E-state index in [1.165, 1.54) is 12.1 Å². The molecule has 18 heavy (non-hydrogen) atoms. The Balaban J connectivity index is 2.54. The van der Waals surface area contributed by atoms with Crippen LogP contribution in [-0.4, -0.2) is 17.3 Å². The van der Waals surface area contributed by atoms with E-state index in [0.717, 1.165) is 12.1 Å². The van der Waals surface area contributed by atoms with Crippen molar-refractivity contribution in [3.63, 3.8) is 0 Å². The summed E-state index contributed by atoms with van der Waals surface area (Å²) in [5, 5.41) is 10.0. The predicted molar refractivity (Wildman–Crippen MR) is 56.6 cm³/mol. The van der Waals surface area contributed by atoms with Gasteiger partial charge in [0, 0.05) is 11.3 Å². The SMILES string of the molecule is O=C(CCc1ccc(C(F)(F)F)cc1)C[N+](=O)[O-]. The summed E-state index contributed by atoms with van der Waals surface area (Å²) in [5.41, 5.74) is -0.220. The minimum atomic E-state index is -4.39. The number of ketones is 1. The molecule has 98 valence electrons. The lowest BCUT2D eigenvalue weighted by Crippen LogP contribution is -2.14. The van der Waals surface area contributed by atoms with Crippen molar-refractivity contribution in [3.05, 3.63) is 45.5 Å². The fourth-order valence-corrected chi connectivity index (χ4v) is 1.37. The van der Waals surface area contributed by atoms with Gasteiger partial charge in [0.25, 0.3) is 6.54 Å². The van der Waals surface area contributed by atoms with E-state index in [9.17, 15) is 28.1 Å². The molecule has 0 fully saturated rings. The van der Waals surface area contributed by atoms with Gasteiger partial charge < -0.3 is 0 Å². The Morgan fingerprint density at radius 2 is 1.78 bits per heavy atom. The molecule has 1 aromatic carbocycles. The van der Waals surface area contributed by atoms with Crippen LogP contribution in [0.25, 0.3) is 0 Å². The predicted octanol–water partition coefficient (Wildman–Crippen LogP) is 2.48. The van der Waals surface area contributed by atoms with Gasteiger partial charge in [-0.05, 0) is 24.1 Å². The van der Waals surface area contributed by atoms with Gasteiger partial charge in [-0.3, -0.25) is 14.9 Å². The maximum absolute atomic E-state index is 12.2. The lowest BCUT2D eigenvalue weighted by molar-refractivity contribution is -0.467. The molecular formula is C11H10F3NO3. The van der Waals surface area contributed by atoms with E-state index in [1.807, 2.05) is 0 Å². The summed E-state index contributed by atoms with van der Waals surface area (Å²) < 4.78 is 36.7. The molecule has 4 nitrogen and oxygen atoms in total. The molecule has 0 aromatic heterocycles. The fraction of sp³-hybridized carbons (Fsp3) is 0.364. The highest BCUT2D eigenvalue weighted by Crippen LogP contribution is 2.29. The van der Waals surface area contributed by atoms with Crippen molar-refractivity contribution in [3.8, 4) is 0 Å². The van der Waals surface area contributed by atoms with Crippen molar-refractivity contribution in [2.24, 2.45) is 0 Å². The number of nitro groups is 1. The van der Waals surface area contributed by atoms with Gasteiger partial charge >= 0.3 is 6.18 Å². The Morgan fingerprint density at radius 3 is 2.22 bits per heavy atom. The second kappa shape index (κ2) is 5.61. The van der Waals surface area contributed by atoms with Crippen LogP contribution in [0.2, 0.25) is 0 Å². The molecule has 0 saturated carbocycles. The quantitative estimate of drug-likeness (QED) is 0.604.